The molecule has 0 aromatic carbocycles. The summed E-state index contributed by atoms with van der Waals surface area (Å²) in [4.78, 5) is 0. The van der Waals surface area contributed by atoms with E-state index in [4.69, 9.17) is 9.11 Å². The number of hydrogen-bond acceptors (Lipinski definition) is 5. The average Bonchev–Trinajstić information content (AvgIpc) is 1.58. The second-order valence-electron chi connectivity index (χ2n) is 0.774. The Morgan fingerprint density at radius 2 is 1.25 bits per heavy atom. The van der Waals surface area contributed by atoms with Crippen molar-refractivity contribution in [3.8, 4) is 0 Å². The molecule has 0 heterocycles. The molecule has 0 aliphatic carbocycles. The molecule has 0 spiro atoms. The molecular weight excluding hydrogens is 254 g/mol. The van der Waals surface area contributed by atoms with E-state index in [-0.39, 0.29) is 63.4 Å². The van der Waals surface area contributed by atoms with E-state index in [0.717, 1.165) is 0 Å². The Bertz CT molecular complexity index is 170. The molecule has 0 fully saturated rings. The van der Waals surface area contributed by atoms with Gasteiger partial charge in [-0.1, -0.05) is 0 Å². The molecule has 0 aliphatic rings. The van der Waals surface area contributed by atoms with Crippen molar-refractivity contribution in [3.05, 3.63) is 0 Å². The zero-order valence-electron chi connectivity index (χ0n) is 9.16. The molecule has 0 aliphatic heterocycles. The molecule has 12 heteroatoms. The van der Waals surface area contributed by atoms with Crippen LogP contribution in [0.25, 0.3) is 0 Å². The van der Waals surface area contributed by atoms with Crippen LogP contribution < -0.4 is 59.1 Å². The first-order chi connectivity index (χ1) is 4.52. The van der Waals surface area contributed by atoms with Crippen molar-refractivity contribution in [2.45, 2.75) is 0 Å². The van der Waals surface area contributed by atoms with Gasteiger partial charge in [0, 0.05) is 0 Å². The summed E-state index contributed by atoms with van der Waals surface area (Å²) in [6, 6.07) is 0. The Kier molecular flexibility index (Phi) is 18.8. The van der Waals surface area contributed by atoms with Crippen LogP contribution in [0, 0.1) is 0 Å². The van der Waals surface area contributed by atoms with E-state index in [1.165, 1.54) is 0 Å². The van der Waals surface area contributed by atoms with Gasteiger partial charge in [0.1, 0.15) is 0 Å². The average molecular weight is 259 g/mol. The van der Waals surface area contributed by atoms with Crippen molar-refractivity contribution in [3.63, 3.8) is 0 Å². The van der Waals surface area contributed by atoms with Gasteiger partial charge in [0.05, 0.1) is 0 Å². The summed E-state index contributed by atoms with van der Waals surface area (Å²) in [5.74, 6) is 0. The monoisotopic (exact) mass is 259 g/mol. The Morgan fingerprint density at radius 3 is 1.42 bits per heavy atom. The largest absolute Gasteiger partial charge is 1.00 e. The summed E-state index contributed by atoms with van der Waals surface area (Å²) < 4.78 is 51.9. The second kappa shape index (κ2) is 11.4. The first-order valence-electron chi connectivity index (χ1n) is 1.53. The van der Waals surface area contributed by atoms with Gasteiger partial charge in [-0.2, -0.15) is 12.6 Å². The fourth-order valence-corrected chi connectivity index (χ4v) is 1.16. The molecule has 0 saturated carbocycles. The van der Waals surface area contributed by atoms with Crippen LogP contribution in [0.1, 0.15) is 4.28 Å². The van der Waals surface area contributed by atoms with Crippen molar-refractivity contribution in [2.75, 3.05) is 0 Å². The van der Waals surface area contributed by atoms with Crippen LogP contribution in [0.4, 0.5) is 0 Å². The topological polar surface area (TPSA) is 110 Å². The first kappa shape index (κ1) is 19.8. The van der Waals surface area contributed by atoms with Gasteiger partial charge < -0.3 is 2.85 Å². The third-order valence-corrected chi connectivity index (χ3v) is 2.05. The van der Waals surface area contributed by atoms with E-state index in [9.17, 15) is 12.6 Å². The predicted molar refractivity (Wildman–Crippen MR) is 35.2 cm³/mol. The molecule has 2 unspecified atom stereocenters. The SMILES string of the molecule is O=S(O)OS(=O)OS(=O)O.[H+].[H-].[H-].[Na+].[Na+]. The fourth-order valence-electron chi connectivity index (χ4n) is 0.106. The molecule has 0 amide bonds. The zero-order valence-corrected chi connectivity index (χ0v) is 12.6. The van der Waals surface area contributed by atoms with Gasteiger partial charge in [-0.25, -0.2) is 0 Å². The Balaban J connectivity index is -0.0000000405. The molecule has 2 N–H and O–H groups in total. The Labute approximate surface area is 125 Å². The van der Waals surface area contributed by atoms with Crippen LogP contribution in [0.15, 0.2) is 0 Å². The van der Waals surface area contributed by atoms with Gasteiger partial charge in [0.25, 0.3) is 0 Å². The standard InChI is InChI=1S/2Na.H2O7S3.2H/c;;1-8(2)6-10(5)7-9(3)4;;/h;;(H,1,2)(H,3,4);;/q2*+1;;2*-1/p+1. The van der Waals surface area contributed by atoms with Gasteiger partial charge in [0.15, 0.2) is 0 Å². The van der Waals surface area contributed by atoms with E-state index >= 15 is 0 Å². The molecule has 66 valence electrons. The van der Waals surface area contributed by atoms with Crippen molar-refractivity contribution < 1.29 is 92.4 Å². The van der Waals surface area contributed by atoms with Crippen molar-refractivity contribution in [2.24, 2.45) is 0 Å². The van der Waals surface area contributed by atoms with Crippen LogP contribution in [0.5, 0.6) is 0 Å². The third-order valence-electron chi connectivity index (χ3n) is 0.228. The molecule has 7 nitrogen and oxygen atoms in total. The van der Waals surface area contributed by atoms with E-state index in [0.29, 0.717) is 0 Å². The molecule has 12 heavy (non-hydrogen) atoms. The fraction of sp³-hybridized carbons (Fsp3) is 0. The van der Waals surface area contributed by atoms with Gasteiger partial charge >= 0.3 is 94.6 Å². The number of hydrogen-bond donors (Lipinski definition) is 2. The summed E-state index contributed by atoms with van der Waals surface area (Å²) in [7, 11) is 0. The Hall–Kier alpha value is 2.29. The summed E-state index contributed by atoms with van der Waals surface area (Å²) in [6.45, 7) is 0. The van der Waals surface area contributed by atoms with Crippen LogP contribution in [-0.2, 0) is 41.3 Å². The maximum absolute atomic E-state index is 10.0. The minimum atomic E-state index is -2.78. The summed E-state index contributed by atoms with van der Waals surface area (Å²) in [5.41, 5.74) is 0. The molecule has 0 aromatic heterocycles. The van der Waals surface area contributed by atoms with Gasteiger partial charge in [0.2, 0.25) is 0 Å². The molecule has 0 aromatic rings. The normalized spacial score (nSPS) is 16.5. The predicted octanol–water partition coefficient (Wildman–Crippen LogP) is -6.78. The quantitative estimate of drug-likeness (QED) is 0.381. The second-order valence-corrected chi connectivity index (χ2v) is 3.14. The van der Waals surface area contributed by atoms with Gasteiger partial charge in [-0.15, -0.1) is 7.26 Å². The van der Waals surface area contributed by atoms with E-state index in [2.05, 4.69) is 7.26 Å². The van der Waals surface area contributed by atoms with Crippen LogP contribution in [0.3, 0.4) is 0 Å². The van der Waals surface area contributed by atoms with E-state index in [1.54, 1.807) is 0 Å². The zero-order chi connectivity index (χ0) is 8.15. The number of rotatable bonds is 4. The maximum Gasteiger partial charge on any atom is 1.00 e. The third kappa shape index (κ3) is 14.8. The molecule has 0 bridgehead atoms. The molecule has 0 radical (unpaired) electrons. The maximum atomic E-state index is 10.0. The van der Waals surface area contributed by atoms with Crippen molar-refractivity contribution in [1.82, 2.24) is 0 Å². The van der Waals surface area contributed by atoms with Gasteiger partial charge in [-0.05, 0) is 0 Å². The van der Waals surface area contributed by atoms with Crippen LogP contribution in [0.2, 0.25) is 0 Å². The summed E-state index contributed by atoms with van der Waals surface area (Å²) >= 11 is -8.25. The van der Waals surface area contributed by atoms with Gasteiger partial charge in [-0.3, -0.25) is 9.11 Å². The van der Waals surface area contributed by atoms with Crippen LogP contribution in [-0.4, -0.2) is 21.7 Å². The van der Waals surface area contributed by atoms with E-state index < -0.39 is 34.1 Å². The van der Waals surface area contributed by atoms with Crippen LogP contribution >= 0.6 is 0 Å². The minimum Gasteiger partial charge on any atom is -1.00 e. The first-order valence-corrected chi connectivity index (χ1v) is 4.60. The molecular formula is H5Na2O7S3+. The molecule has 0 saturated heterocycles. The van der Waals surface area contributed by atoms with Crippen molar-refractivity contribution >= 4 is 34.1 Å². The molecule has 0 rings (SSSR count). The Morgan fingerprint density at radius 1 is 1.00 bits per heavy atom. The summed E-state index contributed by atoms with van der Waals surface area (Å²) in [5, 5.41) is 0. The smallest absolute Gasteiger partial charge is 1.00 e. The van der Waals surface area contributed by atoms with E-state index in [1.807, 2.05) is 0 Å². The molecule has 2 atom stereocenters. The summed E-state index contributed by atoms with van der Waals surface area (Å²) in [6.07, 6.45) is 0. The minimum absolute atomic E-state index is 0. The van der Waals surface area contributed by atoms with Crippen molar-refractivity contribution in [1.29, 1.82) is 0 Å².